The highest BCUT2D eigenvalue weighted by Gasteiger charge is 2.32. The number of amides is 1. The molecule has 1 aliphatic carbocycles. The zero-order chi connectivity index (χ0) is 21.5. The molecule has 1 aromatic heterocycles. The van der Waals surface area contributed by atoms with E-state index in [4.69, 9.17) is 0 Å². The fourth-order valence-corrected chi connectivity index (χ4v) is 4.29. The first-order valence-corrected chi connectivity index (χ1v) is 9.94. The molecule has 3 aromatic rings. The Morgan fingerprint density at radius 3 is 2.60 bits per heavy atom. The molecule has 0 bridgehead atoms. The third-order valence-electron chi connectivity index (χ3n) is 6.03. The van der Waals surface area contributed by atoms with Gasteiger partial charge in [-0.25, -0.2) is 8.78 Å². The van der Waals surface area contributed by atoms with Gasteiger partial charge in [0.1, 0.15) is 22.9 Å². The number of aromatic amines is 1. The number of hydrogen-bond acceptors (Lipinski definition) is 3. The molecule has 30 heavy (non-hydrogen) atoms. The summed E-state index contributed by atoms with van der Waals surface area (Å²) < 4.78 is 28.3. The lowest BCUT2D eigenvalue weighted by Gasteiger charge is -2.34. The second-order valence-electron chi connectivity index (χ2n) is 8.15. The second-order valence-corrected chi connectivity index (χ2v) is 8.15. The number of fused-ring (bicyclic) bond motifs is 1. The minimum atomic E-state index is -0.850. The van der Waals surface area contributed by atoms with E-state index in [0.29, 0.717) is 11.1 Å². The number of aromatic hydroxyl groups is 1. The summed E-state index contributed by atoms with van der Waals surface area (Å²) in [6.45, 7) is 2.01. The molecule has 3 N–H and O–H groups in total. The third kappa shape index (κ3) is 3.56. The lowest BCUT2D eigenvalue weighted by molar-refractivity contribution is 0.102. The molecule has 1 aliphatic rings. The number of nitrogens with one attached hydrogen (secondary N) is 2. The van der Waals surface area contributed by atoms with Gasteiger partial charge in [-0.3, -0.25) is 9.59 Å². The molecule has 4 rings (SSSR count). The first-order chi connectivity index (χ1) is 14.3. The quantitative estimate of drug-likeness (QED) is 0.567. The number of carbonyl (C=O) groups is 1. The average molecular weight is 412 g/mol. The van der Waals surface area contributed by atoms with Crippen molar-refractivity contribution in [2.24, 2.45) is 0 Å². The molecule has 7 heteroatoms. The molecule has 156 valence electrons. The van der Waals surface area contributed by atoms with Crippen LogP contribution >= 0.6 is 0 Å². The number of hydrogen-bond donors (Lipinski definition) is 3. The Morgan fingerprint density at radius 1 is 1.13 bits per heavy atom. The molecule has 0 saturated heterocycles. The summed E-state index contributed by atoms with van der Waals surface area (Å²) in [5, 5.41) is 12.9. The summed E-state index contributed by atoms with van der Waals surface area (Å²) in [5.74, 6) is -2.23. The van der Waals surface area contributed by atoms with Crippen molar-refractivity contribution in [2.45, 2.75) is 44.4 Å². The summed E-state index contributed by atoms with van der Waals surface area (Å²) >= 11 is 0. The number of aromatic nitrogens is 1. The van der Waals surface area contributed by atoms with Crippen LogP contribution in [0.1, 0.15) is 54.9 Å². The molecule has 0 aliphatic heterocycles. The van der Waals surface area contributed by atoms with Gasteiger partial charge in [-0.2, -0.15) is 0 Å². The number of benzene rings is 2. The Kier molecular flexibility index (Phi) is 5.05. The van der Waals surface area contributed by atoms with Crippen LogP contribution in [0.2, 0.25) is 0 Å². The van der Waals surface area contributed by atoms with Gasteiger partial charge < -0.3 is 15.4 Å². The van der Waals surface area contributed by atoms with Crippen molar-refractivity contribution in [1.82, 2.24) is 4.98 Å². The first-order valence-electron chi connectivity index (χ1n) is 9.94. The monoisotopic (exact) mass is 412 g/mol. The van der Waals surface area contributed by atoms with Crippen molar-refractivity contribution in [2.75, 3.05) is 5.32 Å². The van der Waals surface area contributed by atoms with Gasteiger partial charge in [-0.15, -0.1) is 0 Å². The van der Waals surface area contributed by atoms with Crippen LogP contribution in [-0.2, 0) is 5.41 Å². The van der Waals surface area contributed by atoms with Crippen molar-refractivity contribution in [1.29, 1.82) is 0 Å². The van der Waals surface area contributed by atoms with E-state index >= 15 is 0 Å². The molecule has 1 fully saturated rings. The molecule has 0 spiro atoms. The van der Waals surface area contributed by atoms with Gasteiger partial charge in [-0.05, 0) is 42.5 Å². The van der Waals surface area contributed by atoms with Crippen LogP contribution in [0, 0.1) is 11.6 Å². The van der Waals surface area contributed by atoms with Crippen LogP contribution in [0.25, 0.3) is 10.9 Å². The highest BCUT2D eigenvalue weighted by Crippen LogP contribution is 2.44. The largest absolute Gasteiger partial charge is 0.508 e. The number of anilines is 1. The Hall–Kier alpha value is -3.22. The molecule has 2 aromatic carbocycles. The predicted molar refractivity (Wildman–Crippen MR) is 111 cm³/mol. The van der Waals surface area contributed by atoms with Crippen molar-refractivity contribution in [3.63, 3.8) is 0 Å². The fourth-order valence-electron chi connectivity index (χ4n) is 4.29. The van der Waals surface area contributed by atoms with Crippen LogP contribution in [-0.4, -0.2) is 16.0 Å². The summed E-state index contributed by atoms with van der Waals surface area (Å²) in [5.41, 5.74) is -0.583. The lowest BCUT2D eigenvalue weighted by atomic mass is 9.70. The Bertz CT molecular complexity index is 1200. The van der Waals surface area contributed by atoms with Gasteiger partial charge in [0.25, 0.3) is 5.91 Å². The normalized spacial score (nSPS) is 15.8. The van der Waals surface area contributed by atoms with Crippen LogP contribution in [0.15, 0.2) is 41.3 Å². The Balaban J connectivity index is 1.65. The van der Waals surface area contributed by atoms with Crippen molar-refractivity contribution >= 4 is 22.5 Å². The average Bonchev–Trinajstić information content (AvgIpc) is 2.71. The summed E-state index contributed by atoms with van der Waals surface area (Å²) in [6, 6.07) is 6.07. The maximum absolute atomic E-state index is 14.8. The van der Waals surface area contributed by atoms with E-state index in [1.165, 1.54) is 30.5 Å². The number of halogens is 2. The zero-order valence-electron chi connectivity index (χ0n) is 16.5. The molecule has 0 atom stereocenters. The van der Waals surface area contributed by atoms with Gasteiger partial charge >= 0.3 is 0 Å². The molecule has 1 heterocycles. The standard InChI is InChI=1S/C23H22F2N2O3/c1-23(7-3-2-4-8-23)16-10-17(25)19(11-20(16)28)27-22(30)15-12-26-18-6-5-13(24)9-14(18)21(15)29/h5-6,9-12,28H,2-4,7-8H2,1H3,(H,26,29)(H,27,30). The van der Waals surface area contributed by atoms with Gasteiger partial charge in [-0.1, -0.05) is 26.2 Å². The molecule has 0 radical (unpaired) electrons. The molecular weight excluding hydrogens is 390 g/mol. The minimum absolute atomic E-state index is 0.0199. The Morgan fingerprint density at radius 2 is 1.87 bits per heavy atom. The molecule has 1 saturated carbocycles. The summed E-state index contributed by atoms with van der Waals surface area (Å²) in [7, 11) is 0. The maximum Gasteiger partial charge on any atom is 0.261 e. The van der Waals surface area contributed by atoms with E-state index in [0.717, 1.165) is 38.2 Å². The van der Waals surface area contributed by atoms with Gasteiger partial charge in [0.15, 0.2) is 0 Å². The summed E-state index contributed by atoms with van der Waals surface area (Å²) in [6.07, 6.45) is 6.07. The minimum Gasteiger partial charge on any atom is -0.508 e. The lowest BCUT2D eigenvalue weighted by Crippen LogP contribution is -2.26. The van der Waals surface area contributed by atoms with E-state index in [9.17, 15) is 23.5 Å². The van der Waals surface area contributed by atoms with Gasteiger partial charge in [0.2, 0.25) is 5.43 Å². The fraction of sp³-hybridized carbons (Fsp3) is 0.304. The number of phenolic OH excluding ortho intramolecular Hbond substituents is 1. The van der Waals surface area contributed by atoms with E-state index < -0.39 is 23.0 Å². The highest BCUT2D eigenvalue weighted by atomic mass is 19.1. The van der Waals surface area contributed by atoms with E-state index in [2.05, 4.69) is 10.3 Å². The number of rotatable bonds is 3. The second kappa shape index (κ2) is 7.55. The smallest absolute Gasteiger partial charge is 0.261 e. The third-order valence-corrected chi connectivity index (χ3v) is 6.03. The van der Waals surface area contributed by atoms with Gasteiger partial charge in [0, 0.05) is 28.7 Å². The van der Waals surface area contributed by atoms with Crippen molar-refractivity contribution in [3.8, 4) is 5.75 Å². The van der Waals surface area contributed by atoms with E-state index in [1.54, 1.807) is 0 Å². The van der Waals surface area contributed by atoms with Crippen LogP contribution in [0.5, 0.6) is 5.75 Å². The van der Waals surface area contributed by atoms with Crippen LogP contribution < -0.4 is 10.7 Å². The molecule has 0 unspecified atom stereocenters. The molecular formula is C23H22F2N2O3. The molecule has 1 amide bonds. The zero-order valence-corrected chi connectivity index (χ0v) is 16.5. The Labute approximate surface area is 171 Å². The van der Waals surface area contributed by atoms with E-state index in [1.807, 2.05) is 6.92 Å². The van der Waals surface area contributed by atoms with Crippen LogP contribution in [0.3, 0.4) is 0 Å². The number of carbonyl (C=O) groups excluding carboxylic acids is 1. The van der Waals surface area contributed by atoms with E-state index in [-0.39, 0.29) is 27.8 Å². The maximum atomic E-state index is 14.8. The topological polar surface area (TPSA) is 82.2 Å². The summed E-state index contributed by atoms with van der Waals surface area (Å²) in [4.78, 5) is 27.9. The first kappa shape index (κ1) is 20.1. The number of phenols is 1. The highest BCUT2D eigenvalue weighted by molar-refractivity contribution is 6.05. The number of pyridine rings is 1. The SMILES string of the molecule is CC1(c2cc(F)c(NC(=O)c3c[nH]c4ccc(F)cc4c3=O)cc2O)CCCCC1. The number of H-pyrrole nitrogens is 1. The van der Waals surface area contributed by atoms with Gasteiger partial charge in [0.05, 0.1) is 5.69 Å². The van der Waals surface area contributed by atoms with Crippen molar-refractivity contribution < 1.29 is 18.7 Å². The van der Waals surface area contributed by atoms with Crippen molar-refractivity contribution in [3.05, 3.63) is 69.5 Å². The van der Waals surface area contributed by atoms with Crippen LogP contribution in [0.4, 0.5) is 14.5 Å². The molecule has 5 nitrogen and oxygen atoms in total. The predicted octanol–water partition coefficient (Wildman–Crippen LogP) is 4.99.